The average Bonchev–Trinajstić information content (AvgIpc) is 2.33. The molecule has 0 unspecified atom stereocenters. The van der Waals surface area contributed by atoms with Crippen LogP contribution in [-0.2, 0) is 0 Å². The van der Waals surface area contributed by atoms with Crippen molar-refractivity contribution in [1.82, 2.24) is 0 Å². The second kappa shape index (κ2) is 5.19. The van der Waals surface area contributed by atoms with Crippen LogP contribution in [-0.4, -0.2) is 0 Å². The third-order valence-electron chi connectivity index (χ3n) is 2.70. The van der Waals surface area contributed by atoms with Gasteiger partial charge in [-0.3, -0.25) is 0 Å². The Morgan fingerprint density at radius 2 is 1.53 bits per heavy atom. The molecule has 0 aliphatic heterocycles. The zero-order chi connectivity index (χ0) is 12.4. The van der Waals surface area contributed by atoms with E-state index in [9.17, 15) is 0 Å². The third kappa shape index (κ3) is 2.88. The van der Waals surface area contributed by atoms with Crippen LogP contribution in [0.2, 0.25) is 0 Å². The summed E-state index contributed by atoms with van der Waals surface area (Å²) in [6.45, 7) is 6.25. The van der Waals surface area contributed by atoms with Gasteiger partial charge in [0.2, 0.25) is 0 Å². The summed E-state index contributed by atoms with van der Waals surface area (Å²) in [5.74, 6) is 0. The van der Waals surface area contributed by atoms with E-state index in [2.05, 4.69) is 75.7 Å². The van der Waals surface area contributed by atoms with Gasteiger partial charge < -0.3 is 0 Å². The van der Waals surface area contributed by atoms with Crippen LogP contribution in [0.1, 0.15) is 16.7 Å². The second-order valence-corrected chi connectivity index (χ2v) is 5.72. The molecular formula is C15H12Br2. The third-order valence-corrected chi connectivity index (χ3v) is 4.12. The highest BCUT2D eigenvalue weighted by atomic mass is 79.9. The zero-order valence-electron chi connectivity index (χ0n) is 9.50. The van der Waals surface area contributed by atoms with E-state index in [0.717, 1.165) is 25.6 Å². The molecule has 2 heteroatoms. The lowest BCUT2D eigenvalue weighted by atomic mass is 9.98. The van der Waals surface area contributed by atoms with Crippen molar-refractivity contribution in [2.75, 3.05) is 0 Å². The maximum atomic E-state index is 4.17. The quantitative estimate of drug-likeness (QED) is 0.662. The molecular weight excluding hydrogens is 340 g/mol. The predicted molar refractivity (Wildman–Crippen MR) is 81.2 cm³/mol. The molecule has 0 fully saturated rings. The molecule has 2 aromatic rings. The van der Waals surface area contributed by atoms with Gasteiger partial charge in [0.1, 0.15) is 0 Å². The first kappa shape index (κ1) is 12.6. The van der Waals surface area contributed by atoms with E-state index in [1.807, 2.05) is 12.1 Å². The van der Waals surface area contributed by atoms with Gasteiger partial charge in [-0.05, 0) is 47.4 Å². The number of rotatable bonds is 2. The fraction of sp³-hybridized carbons (Fsp3) is 0.0667. The second-order valence-electron chi connectivity index (χ2n) is 3.95. The predicted octanol–water partition coefficient (Wildman–Crippen LogP) is 5.58. The summed E-state index contributed by atoms with van der Waals surface area (Å²) in [4.78, 5) is 0. The van der Waals surface area contributed by atoms with Crippen molar-refractivity contribution >= 4 is 37.4 Å². The lowest BCUT2D eigenvalue weighted by Crippen LogP contribution is -1.87. The van der Waals surface area contributed by atoms with Crippen molar-refractivity contribution in [2.24, 2.45) is 0 Å². The van der Waals surface area contributed by atoms with Gasteiger partial charge in [0.15, 0.2) is 0 Å². The SMILES string of the molecule is C=C(c1ccc(Br)cc1)c1ccc(Br)c(C)c1. The number of halogens is 2. The van der Waals surface area contributed by atoms with Crippen LogP contribution in [0.4, 0.5) is 0 Å². The van der Waals surface area contributed by atoms with Gasteiger partial charge in [-0.2, -0.15) is 0 Å². The largest absolute Gasteiger partial charge is 0.0906 e. The molecule has 0 aliphatic carbocycles. The number of hydrogen-bond donors (Lipinski definition) is 0. The monoisotopic (exact) mass is 350 g/mol. The highest BCUT2D eigenvalue weighted by Crippen LogP contribution is 2.26. The Morgan fingerprint density at radius 3 is 2.12 bits per heavy atom. The van der Waals surface area contributed by atoms with Crippen LogP contribution in [0.15, 0.2) is 58.0 Å². The van der Waals surface area contributed by atoms with E-state index in [-0.39, 0.29) is 0 Å². The van der Waals surface area contributed by atoms with Crippen LogP contribution in [0, 0.1) is 6.92 Å². The Labute approximate surface area is 119 Å². The zero-order valence-corrected chi connectivity index (χ0v) is 12.7. The Morgan fingerprint density at radius 1 is 0.941 bits per heavy atom. The first-order valence-electron chi connectivity index (χ1n) is 5.29. The molecule has 2 aromatic carbocycles. The molecule has 0 saturated carbocycles. The summed E-state index contributed by atoms with van der Waals surface area (Å²) in [6.07, 6.45) is 0. The van der Waals surface area contributed by atoms with Gasteiger partial charge in [-0.15, -0.1) is 0 Å². The van der Waals surface area contributed by atoms with Crippen molar-refractivity contribution in [2.45, 2.75) is 6.92 Å². The molecule has 0 N–H and O–H groups in total. The molecule has 0 atom stereocenters. The summed E-state index contributed by atoms with van der Waals surface area (Å²) in [7, 11) is 0. The van der Waals surface area contributed by atoms with E-state index < -0.39 is 0 Å². The standard InChI is InChI=1S/C15H12Br2/c1-10-9-13(5-8-15(10)17)11(2)12-3-6-14(16)7-4-12/h3-9H,2H2,1H3. The summed E-state index contributed by atoms with van der Waals surface area (Å²) >= 11 is 6.94. The molecule has 2 rings (SSSR count). The van der Waals surface area contributed by atoms with Gasteiger partial charge in [0.05, 0.1) is 0 Å². The highest BCUT2D eigenvalue weighted by Gasteiger charge is 2.04. The van der Waals surface area contributed by atoms with E-state index in [4.69, 9.17) is 0 Å². The Kier molecular flexibility index (Phi) is 3.85. The minimum Gasteiger partial charge on any atom is -0.0906 e. The van der Waals surface area contributed by atoms with Crippen LogP contribution >= 0.6 is 31.9 Å². The Bertz CT molecular complexity index is 554. The van der Waals surface area contributed by atoms with Crippen LogP contribution in [0.5, 0.6) is 0 Å². The van der Waals surface area contributed by atoms with E-state index >= 15 is 0 Å². The van der Waals surface area contributed by atoms with Crippen LogP contribution in [0.3, 0.4) is 0 Å². The van der Waals surface area contributed by atoms with Crippen molar-refractivity contribution in [3.8, 4) is 0 Å². The molecule has 0 saturated heterocycles. The molecule has 0 aromatic heterocycles. The molecule has 0 aliphatic rings. The van der Waals surface area contributed by atoms with Gasteiger partial charge in [-0.25, -0.2) is 0 Å². The maximum absolute atomic E-state index is 4.17. The molecule has 17 heavy (non-hydrogen) atoms. The van der Waals surface area contributed by atoms with E-state index in [0.29, 0.717) is 0 Å². The number of hydrogen-bond acceptors (Lipinski definition) is 0. The molecule has 0 amide bonds. The van der Waals surface area contributed by atoms with Gasteiger partial charge in [-0.1, -0.05) is 62.7 Å². The van der Waals surface area contributed by atoms with Crippen molar-refractivity contribution in [3.05, 3.63) is 74.7 Å². The lowest BCUT2D eigenvalue weighted by molar-refractivity contribution is 1.40. The minimum absolute atomic E-state index is 1.05. The topological polar surface area (TPSA) is 0 Å². The fourth-order valence-corrected chi connectivity index (χ4v) is 2.16. The summed E-state index contributed by atoms with van der Waals surface area (Å²) in [5.41, 5.74) is 4.58. The first-order valence-corrected chi connectivity index (χ1v) is 6.88. The van der Waals surface area contributed by atoms with Gasteiger partial charge in [0, 0.05) is 8.95 Å². The minimum atomic E-state index is 1.05. The van der Waals surface area contributed by atoms with Crippen LogP contribution < -0.4 is 0 Å². The fourth-order valence-electron chi connectivity index (χ4n) is 1.65. The van der Waals surface area contributed by atoms with Gasteiger partial charge >= 0.3 is 0 Å². The number of benzene rings is 2. The Hall–Kier alpha value is -0.860. The molecule has 0 bridgehead atoms. The van der Waals surface area contributed by atoms with Crippen molar-refractivity contribution < 1.29 is 0 Å². The highest BCUT2D eigenvalue weighted by molar-refractivity contribution is 9.10. The lowest BCUT2D eigenvalue weighted by Gasteiger charge is -2.08. The molecule has 0 radical (unpaired) electrons. The summed E-state index contributed by atoms with van der Waals surface area (Å²) < 4.78 is 2.21. The average molecular weight is 352 g/mol. The van der Waals surface area contributed by atoms with E-state index in [1.54, 1.807) is 0 Å². The summed E-state index contributed by atoms with van der Waals surface area (Å²) in [5, 5.41) is 0. The van der Waals surface area contributed by atoms with Crippen molar-refractivity contribution in [1.29, 1.82) is 0 Å². The maximum Gasteiger partial charge on any atom is 0.0204 e. The van der Waals surface area contributed by atoms with E-state index in [1.165, 1.54) is 5.56 Å². The molecule has 0 spiro atoms. The van der Waals surface area contributed by atoms with Crippen LogP contribution in [0.25, 0.3) is 5.57 Å². The smallest absolute Gasteiger partial charge is 0.0204 e. The number of aryl methyl sites for hydroxylation is 1. The molecule has 0 nitrogen and oxygen atoms in total. The first-order chi connectivity index (χ1) is 8.08. The van der Waals surface area contributed by atoms with Crippen molar-refractivity contribution in [3.63, 3.8) is 0 Å². The Balaban J connectivity index is 2.37. The normalized spacial score (nSPS) is 10.3. The summed E-state index contributed by atoms with van der Waals surface area (Å²) in [6, 6.07) is 14.5. The molecule has 0 heterocycles. The molecule has 86 valence electrons. The van der Waals surface area contributed by atoms with Gasteiger partial charge in [0.25, 0.3) is 0 Å².